The lowest BCUT2D eigenvalue weighted by atomic mass is 9.86. The van der Waals surface area contributed by atoms with Gasteiger partial charge in [0.25, 0.3) is 0 Å². The van der Waals surface area contributed by atoms with Crippen LogP contribution in [0.25, 0.3) is 0 Å². The van der Waals surface area contributed by atoms with Crippen molar-refractivity contribution in [1.82, 2.24) is 10.2 Å². The first-order valence-corrected chi connectivity index (χ1v) is 5.70. The molecule has 1 heterocycles. The number of nitrogens with zero attached hydrogens (tertiary/aromatic N) is 1. The Balaban J connectivity index is 2.23. The third-order valence-electron chi connectivity index (χ3n) is 3.41. The summed E-state index contributed by atoms with van der Waals surface area (Å²) in [4.78, 5) is 13.6. The monoisotopic (exact) mass is 222 g/mol. The van der Waals surface area contributed by atoms with Gasteiger partial charge in [0.15, 0.2) is 0 Å². The zero-order valence-electron chi connectivity index (χ0n) is 9.57. The van der Waals surface area contributed by atoms with Crippen molar-refractivity contribution in [3.05, 3.63) is 23.8 Å². The first-order chi connectivity index (χ1) is 7.65. The highest BCUT2D eigenvalue weighted by molar-refractivity contribution is 5.82. The van der Waals surface area contributed by atoms with Crippen LogP contribution in [0.4, 0.5) is 0 Å². The predicted molar refractivity (Wildman–Crippen MR) is 62.3 cm³/mol. The standard InChI is InChI=1S/C12H18N2O2/c1-10-2-4-12(5-3-10,11(15)16)14-8-6-13-7-9-14/h2-4,13H,5-9H2,1H3,(H,15,16). The second kappa shape index (κ2) is 4.39. The number of rotatable bonds is 2. The fourth-order valence-electron chi connectivity index (χ4n) is 2.31. The predicted octanol–water partition coefficient (Wildman–Crippen LogP) is 0.621. The zero-order valence-corrected chi connectivity index (χ0v) is 9.57. The molecule has 88 valence electrons. The molecule has 16 heavy (non-hydrogen) atoms. The molecule has 1 aliphatic carbocycles. The maximum absolute atomic E-state index is 11.5. The summed E-state index contributed by atoms with van der Waals surface area (Å²) < 4.78 is 0. The molecule has 2 N–H and O–H groups in total. The van der Waals surface area contributed by atoms with Crippen molar-refractivity contribution in [3.8, 4) is 0 Å². The van der Waals surface area contributed by atoms with Gasteiger partial charge in [0.2, 0.25) is 0 Å². The lowest BCUT2D eigenvalue weighted by Crippen LogP contribution is -2.59. The van der Waals surface area contributed by atoms with Crippen molar-refractivity contribution in [3.63, 3.8) is 0 Å². The smallest absolute Gasteiger partial charge is 0.328 e. The highest BCUT2D eigenvalue weighted by Crippen LogP contribution is 2.28. The minimum Gasteiger partial charge on any atom is -0.480 e. The van der Waals surface area contributed by atoms with Crippen LogP contribution in [0.15, 0.2) is 23.8 Å². The molecular formula is C12H18N2O2. The average Bonchev–Trinajstić information content (AvgIpc) is 2.31. The molecule has 1 fully saturated rings. The van der Waals surface area contributed by atoms with Crippen LogP contribution in [-0.2, 0) is 4.79 Å². The van der Waals surface area contributed by atoms with E-state index in [0.29, 0.717) is 6.42 Å². The molecule has 0 radical (unpaired) electrons. The minimum absolute atomic E-state index is 0.574. The summed E-state index contributed by atoms with van der Waals surface area (Å²) in [7, 11) is 0. The normalized spacial score (nSPS) is 31.2. The molecule has 0 bridgehead atoms. The van der Waals surface area contributed by atoms with Crippen LogP contribution >= 0.6 is 0 Å². The van der Waals surface area contributed by atoms with Gasteiger partial charge in [-0.15, -0.1) is 0 Å². The molecule has 0 aromatic carbocycles. The van der Waals surface area contributed by atoms with E-state index in [2.05, 4.69) is 10.2 Å². The molecule has 0 spiro atoms. The van der Waals surface area contributed by atoms with Crippen molar-refractivity contribution in [1.29, 1.82) is 0 Å². The summed E-state index contributed by atoms with van der Waals surface area (Å²) >= 11 is 0. The van der Waals surface area contributed by atoms with Gasteiger partial charge in [0.05, 0.1) is 0 Å². The molecular weight excluding hydrogens is 204 g/mol. The number of hydrogen-bond acceptors (Lipinski definition) is 3. The third-order valence-corrected chi connectivity index (χ3v) is 3.41. The number of piperazine rings is 1. The Morgan fingerprint density at radius 3 is 2.69 bits per heavy atom. The van der Waals surface area contributed by atoms with Gasteiger partial charge < -0.3 is 10.4 Å². The van der Waals surface area contributed by atoms with Gasteiger partial charge in [0, 0.05) is 26.2 Å². The Labute approximate surface area is 95.6 Å². The van der Waals surface area contributed by atoms with Crippen LogP contribution < -0.4 is 5.32 Å². The summed E-state index contributed by atoms with van der Waals surface area (Å²) in [6.07, 6.45) is 6.34. The largest absolute Gasteiger partial charge is 0.480 e. The number of aliphatic carboxylic acids is 1. The molecule has 1 atom stereocenters. The number of allylic oxidation sites excluding steroid dienone is 2. The number of carboxylic acids is 1. The van der Waals surface area contributed by atoms with Gasteiger partial charge in [0.1, 0.15) is 5.54 Å². The number of hydrogen-bond donors (Lipinski definition) is 2. The van der Waals surface area contributed by atoms with E-state index >= 15 is 0 Å². The number of nitrogens with one attached hydrogen (secondary N) is 1. The molecule has 0 amide bonds. The lowest BCUT2D eigenvalue weighted by molar-refractivity contribution is -0.148. The molecule has 1 saturated heterocycles. The van der Waals surface area contributed by atoms with Crippen molar-refractivity contribution in [2.24, 2.45) is 0 Å². The Morgan fingerprint density at radius 2 is 2.19 bits per heavy atom. The summed E-state index contributed by atoms with van der Waals surface area (Å²) in [6.45, 7) is 5.32. The fraction of sp³-hybridized carbons (Fsp3) is 0.583. The quantitative estimate of drug-likeness (QED) is 0.719. The van der Waals surface area contributed by atoms with Crippen molar-refractivity contribution < 1.29 is 9.90 Å². The van der Waals surface area contributed by atoms with Gasteiger partial charge in [-0.25, -0.2) is 4.79 Å². The molecule has 1 aliphatic heterocycles. The third kappa shape index (κ3) is 1.90. The van der Waals surface area contributed by atoms with Gasteiger partial charge in [-0.3, -0.25) is 4.90 Å². The van der Waals surface area contributed by atoms with Crippen molar-refractivity contribution in [2.75, 3.05) is 26.2 Å². The van der Waals surface area contributed by atoms with Crippen LogP contribution in [-0.4, -0.2) is 47.7 Å². The molecule has 0 aromatic heterocycles. The molecule has 1 unspecified atom stereocenters. The SMILES string of the molecule is CC1=CCC(C(=O)O)(N2CCNCC2)C=C1. The van der Waals surface area contributed by atoms with Crippen LogP contribution in [0.3, 0.4) is 0 Å². The molecule has 4 nitrogen and oxygen atoms in total. The Morgan fingerprint density at radius 1 is 1.50 bits per heavy atom. The van der Waals surface area contributed by atoms with E-state index in [0.717, 1.165) is 31.8 Å². The zero-order chi connectivity index (χ0) is 11.6. The summed E-state index contributed by atoms with van der Waals surface area (Å²) in [5, 5.41) is 12.7. The summed E-state index contributed by atoms with van der Waals surface area (Å²) in [5.74, 6) is -0.741. The molecule has 2 aliphatic rings. The number of carboxylic acid groups (broad SMARTS) is 1. The first-order valence-electron chi connectivity index (χ1n) is 5.70. The fourth-order valence-corrected chi connectivity index (χ4v) is 2.31. The average molecular weight is 222 g/mol. The van der Waals surface area contributed by atoms with Crippen LogP contribution in [0.1, 0.15) is 13.3 Å². The Kier molecular flexibility index (Phi) is 3.12. The lowest BCUT2D eigenvalue weighted by Gasteiger charge is -2.41. The van der Waals surface area contributed by atoms with E-state index in [4.69, 9.17) is 0 Å². The van der Waals surface area contributed by atoms with E-state index < -0.39 is 11.5 Å². The Bertz CT molecular complexity index is 343. The van der Waals surface area contributed by atoms with Crippen molar-refractivity contribution >= 4 is 5.97 Å². The van der Waals surface area contributed by atoms with Gasteiger partial charge in [-0.1, -0.05) is 23.8 Å². The highest BCUT2D eigenvalue weighted by atomic mass is 16.4. The van der Waals surface area contributed by atoms with Crippen molar-refractivity contribution in [2.45, 2.75) is 18.9 Å². The second-order valence-corrected chi connectivity index (χ2v) is 4.45. The van der Waals surface area contributed by atoms with Crippen LogP contribution in [0, 0.1) is 0 Å². The van der Waals surface area contributed by atoms with E-state index in [1.807, 2.05) is 25.2 Å². The molecule has 4 heteroatoms. The summed E-state index contributed by atoms with van der Waals surface area (Å²) in [6, 6.07) is 0. The molecule has 2 rings (SSSR count). The van der Waals surface area contributed by atoms with Gasteiger partial charge >= 0.3 is 5.97 Å². The maximum atomic E-state index is 11.5. The van der Waals surface area contributed by atoms with E-state index in [1.54, 1.807) is 0 Å². The Hall–Kier alpha value is -1.13. The molecule has 0 saturated carbocycles. The highest BCUT2D eigenvalue weighted by Gasteiger charge is 2.42. The van der Waals surface area contributed by atoms with Gasteiger partial charge in [-0.2, -0.15) is 0 Å². The first kappa shape index (κ1) is 11.4. The van der Waals surface area contributed by atoms with E-state index in [-0.39, 0.29) is 0 Å². The minimum atomic E-state index is -0.818. The van der Waals surface area contributed by atoms with E-state index in [1.165, 1.54) is 0 Å². The van der Waals surface area contributed by atoms with E-state index in [9.17, 15) is 9.90 Å². The second-order valence-electron chi connectivity index (χ2n) is 4.45. The maximum Gasteiger partial charge on any atom is 0.328 e. The van der Waals surface area contributed by atoms with Gasteiger partial charge in [-0.05, 0) is 13.3 Å². The number of carbonyl (C=O) groups is 1. The molecule has 0 aromatic rings. The summed E-state index contributed by atoms with van der Waals surface area (Å²) in [5.41, 5.74) is 0.328. The van der Waals surface area contributed by atoms with Crippen LogP contribution in [0.5, 0.6) is 0 Å². The topological polar surface area (TPSA) is 52.6 Å². The van der Waals surface area contributed by atoms with Crippen LogP contribution in [0.2, 0.25) is 0 Å².